The van der Waals surface area contributed by atoms with Crippen molar-refractivity contribution in [1.82, 2.24) is 5.32 Å². The molecule has 0 fully saturated rings. The van der Waals surface area contributed by atoms with Gasteiger partial charge in [-0.05, 0) is 84.0 Å². The van der Waals surface area contributed by atoms with Crippen LogP contribution in [0.2, 0.25) is 0 Å². The van der Waals surface area contributed by atoms with E-state index in [2.05, 4.69) is 5.32 Å². The molecule has 0 unspecified atom stereocenters. The highest BCUT2D eigenvalue weighted by molar-refractivity contribution is 7.98. The summed E-state index contributed by atoms with van der Waals surface area (Å²) in [5.41, 5.74) is 2.48. The molecule has 13 nitrogen and oxygen atoms in total. The molecule has 16 heteroatoms. The van der Waals surface area contributed by atoms with Crippen molar-refractivity contribution in [2.45, 2.75) is 42.4 Å². The Balaban J connectivity index is 1.68. The van der Waals surface area contributed by atoms with Gasteiger partial charge in [-0.3, -0.25) is 13.9 Å². The lowest BCUT2D eigenvalue weighted by molar-refractivity contribution is -0.122. The molecule has 5 aromatic rings. The van der Waals surface area contributed by atoms with E-state index in [1.54, 1.807) is 49.6 Å². The lowest BCUT2D eigenvalue weighted by Gasteiger charge is -2.21. The van der Waals surface area contributed by atoms with E-state index in [9.17, 15) is 46.1 Å². The van der Waals surface area contributed by atoms with Gasteiger partial charge in [0.15, 0.2) is 6.61 Å². The van der Waals surface area contributed by atoms with Crippen LogP contribution in [0.25, 0.3) is 11.3 Å². The second kappa shape index (κ2) is 14.8. The molecule has 4 aromatic carbocycles. The Morgan fingerprint density at radius 1 is 0.736 bits per heavy atom. The molecule has 1 amide bonds. The monoisotopic (exact) mass is 781 g/mol. The van der Waals surface area contributed by atoms with Gasteiger partial charge in [0, 0.05) is 53.5 Å². The second-order valence-corrected chi connectivity index (χ2v) is 16.4. The lowest BCUT2D eigenvalue weighted by Crippen LogP contribution is -2.28. The van der Waals surface area contributed by atoms with Crippen LogP contribution in [-0.2, 0) is 50.7 Å². The van der Waals surface area contributed by atoms with Crippen molar-refractivity contribution >= 4 is 37.9 Å². The van der Waals surface area contributed by atoms with E-state index in [0.717, 1.165) is 24.3 Å². The summed E-state index contributed by atoms with van der Waals surface area (Å²) >= 11 is 1.37. The zero-order valence-electron chi connectivity index (χ0n) is 28.4. The number of aryl methyl sites for hydroxylation is 1. The summed E-state index contributed by atoms with van der Waals surface area (Å²) in [6.45, 7) is 1.26. The number of nitrogens with one attached hydrogen (secondary N) is 1. The summed E-state index contributed by atoms with van der Waals surface area (Å²) in [6, 6.07) is 14.3. The van der Waals surface area contributed by atoms with Gasteiger partial charge in [0.05, 0.1) is 21.9 Å². The molecular weight excluding hydrogens is 747 g/mol. The van der Waals surface area contributed by atoms with Crippen LogP contribution >= 0.6 is 11.8 Å². The number of rotatable bonds is 8. The highest BCUT2D eigenvalue weighted by Crippen LogP contribution is 2.41. The molecule has 0 spiro atoms. The van der Waals surface area contributed by atoms with Crippen molar-refractivity contribution in [1.29, 1.82) is 0 Å². The molecule has 1 aromatic heterocycles. The maximum absolute atomic E-state index is 12.8. The van der Waals surface area contributed by atoms with Crippen LogP contribution in [0.4, 0.5) is 0 Å². The Morgan fingerprint density at radius 3 is 1.57 bits per heavy atom. The number of hydrogen-bond donors (Lipinski definition) is 6. The van der Waals surface area contributed by atoms with Crippen molar-refractivity contribution in [3.05, 3.63) is 117 Å². The van der Waals surface area contributed by atoms with E-state index >= 15 is 0 Å². The fourth-order valence-corrected chi connectivity index (χ4v) is 7.92. The predicted molar refractivity (Wildman–Crippen MR) is 196 cm³/mol. The van der Waals surface area contributed by atoms with Gasteiger partial charge in [-0.15, -0.1) is 11.8 Å². The van der Waals surface area contributed by atoms with Gasteiger partial charge < -0.3 is 29.8 Å². The first-order valence-corrected chi connectivity index (χ1v) is 20.3. The number of carbonyl (C=O) groups excluding carboxylic acids is 1. The third-order valence-corrected chi connectivity index (χ3v) is 10.9. The topological polar surface area (TPSA) is 221 Å². The van der Waals surface area contributed by atoms with E-state index < -0.39 is 42.5 Å². The van der Waals surface area contributed by atoms with Gasteiger partial charge in [-0.25, -0.2) is 0 Å². The van der Waals surface area contributed by atoms with Crippen molar-refractivity contribution in [2.75, 3.05) is 18.7 Å². The quantitative estimate of drug-likeness (QED) is 0.0847. The number of hydrogen-bond acceptors (Lipinski definition) is 11. The number of benzene rings is 4. The summed E-state index contributed by atoms with van der Waals surface area (Å²) in [5, 5.41) is 37.5. The van der Waals surface area contributed by atoms with Gasteiger partial charge in [0.2, 0.25) is 0 Å². The van der Waals surface area contributed by atoms with E-state index in [0.29, 0.717) is 33.9 Å². The lowest BCUT2D eigenvalue weighted by atomic mass is 9.89. The minimum Gasteiger partial charge on any atom is -0.507 e. The Labute approximate surface area is 309 Å². The van der Waals surface area contributed by atoms with Gasteiger partial charge in [0.25, 0.3) is 26.1 Å². The summed E-state index contributed by atoms with van der Waals surface area (Å²) < 4.78 is 82.3. The molecule has 0 radical (unpaired) electrons. The number of carbonyl (C=O) groups is 1. The number of phenolic OH excluding ortho intramolecular Hbond substituents is 3. The van der Waals surface area contributed by atoms with Crippen LogP contribution < -0.4 is 10.1 Å². The Hall–Kier alpha value is -5.00. The van der Waals surface area contributed by atoms with Crippen molar-refractivity contribution in [3.8, 4) is 34.3 Å². The maximum atomic E-state index is 12.8. The summed E-state index contributed by atoms with van der Waals surface area (Å²) in [6.07, 6.45) is 2.38. The SMILES string of the molecule is CSCNC(=O)COc1c2cc(-c3ccco3)cc1Cc1cc(S(=O)(=O)O)cc(c1O)Cc1cc(C)cc(c1O)Cc1cc(S(=O)(=O)O)cc(c1O)C2. The molecule has 1 aliphatic carbocycles. The predicted octanol–water partition coefficient (Wildman–Crippen LogP) is 5.36. The molecule has 53 heavy (non-hydrogen) atoms. The van der Waals surface area contributed by atoms with Crippen LogP contribution in [-0.4, -0.2) is 65.9 Å². The van der Waals surface area contributed by atoms with Gasteiger partial charge in [0.1, 0.15) is 28.8 Å². The average Bonchev–Trinajstić information content (AvgIpc) is 3.62. The summed E-state index contributed by atoms with van der Waals surface area (Å²) in [5.74, 6) is -0.577. The van der Waals surface area contributed by atoms with Crippen LogP contribution in [0.15, 0.2) is 81.1 Å². The largest absolute Gasteiger partial charge is 0.507 e. The fraction of sp³-hybridized carbons (Fsp3) is 0.216. The van der Waals surface area contributed by atoms with Crippen LogP contribution in [0.1, 0.15) is 50.1 Å². The van der Waals surface area contributed by atoms with Gasteiger partial charge in [-0.2, -0.15) is 16.8 Å². The first kappa shape index (κ1) is 37.7. The van der Waals surface area contributed by atoms with Gasteiger partial charge in [-0.1, -0.05) is 17.7 Å². The number of fused-ring (bicyclic) bond motifs is 8. The van der Waals surface area contributed by atoms with Gasteiger partial charge >= 0.3 is 0 Å². The first-order chi connectivity index (χ1) is 25.0. The molecule has 278 valence electrons. The average molecular weight is 782 g/mol. The summed E-state index contributed by atoms with van der Waals surface area (Å²) in [4.78, 5) is 11.8. The zero-order valence-corrected chi connectivity index (χ0v) is 30.9. The van der Waals surface area contributed by atoms with Crippen LogP contribution in [0, 0.1) is 6.92 Å². The van der Waals surface area contributed by atoms with Crippen LogP contribution in [0.5, 0.6) is 23.0 Å². The molecule has 0 atom stereocenters. The molecule has 0 aliphatic heterocycles. The standard InChI is InChI=1S/C37H35NO12S3/c1-20-6-22-10-24-14-30(52(43,44)45)16-26(35(24)41)12-28-8-21(32-4-3-5-49-32)9-29(37(28)50-18-33(39)38-19-51-2)13-27-17-31(53(46,47)48)15-25(36(27)42)11-23(7-20)34(22)40/h3-9,14-17,40-42H,10-13,18-19H2,1-2H3,(H,38,39)(H,43,44,45)(H,46,47,48). The molecular formula is C37H35NO12S3. The highest BCUT2D eigenvalue weighted by atomic mass is 32.2. The molecule has 6 N–H and O–H groups in total. The van der Waals surface area contributed by atoms with E-state index in [4.69, 9.17) is 9.15 Å². The normalized spacial score (nSPS) is 13.1. The number of thioether (sulfide) groups is 1. The third kappa shape index (κ3) is 8.31. The first-order valence-electron chi connectivity index (χ1n) is 16.1. The second-order valence-electron chi connectivity index (χ2n) is 12.7. The third-order valence-electron chi connectivity index (χ3n) is 8.82. The molecule has 0 saturated heterocycles. The number of aromatic hydroxyl groups is 3. The molecule has 8 bridgehead atoms. The fourth-order valence-electron chi connectivity index (χ4n) is 6.45. The number of amides is 1. The molecule has 6 rings (SSSR count). The molecule has 0 saturated carbocycles. The maximum Gasteiger partial charge on any atom is 0.294 e. The molecule has 1 aliphatic rings. The minimum atomic E-state index is -4.80. The zero-order chi connectivity index (χ0) is 38.2. The van der Waals surface area contributed by atoms with Crippen molar-refractivity contribution in [2.24, 2.45) is 0 Å². The van der Waals surface area contributed by atoms with E-state index in [1.165, 1.54) is 18.0 Å². The Kier molecular flexibility index (Phi) is 10.5. The van der Waals surface area contributed by atoms with E-state index in [-0.39, 0.29) is 82.1 Å². The Morgan fingerprint density at radius 2 is 1.17 bits per heavy atom. The number of furan rings is 1. The van der Waals surface area contributed by atoms with E-state index in [1.807, 2.05) is 0 Å². The number of ether oxygens (including phenoxy) is 1. The summed E-state index contributed by atoms with van der Waals surface area (Å²) in [7, 11) is -9.60. The Bertz CT molecular complexity index is 2320. The minimum absolute atomic E-state index is 0.0484. The van der Waals surface area contributed by atoms with Crippen molar-refractivity contribution in [3.63, 3.8) is 0 Å². The van der Waals surface area contributed by atoms with Crippen molar-refractivity contribution < 1.29 is 55.2 Å². The highest BCUT2D eigenvalue weighted by Gasteiger charge is 2.26. The number of phenols is 3. The molecule has 1 heterocycles. The smallest absolute Gasteiger partial charge is 0.294 e. The van der Waals surface area contributed by atoms with Crippen LogP contribution in [0.3, 0.4) is 0 Å².